The first kappa shape index (κ1) is 22.5. The molecule has 3 aromatic rings. The minimum atomic E-state index is -3.76. The summed E-state index contributed by atoms with van der Waals surface area (Å²) in [6.45, 7) is 2.43. The molecule has 0 spiro atoms. The summed E-state index contributed by atoms with van der Waals surface area (Å²) >= 11 is 0. The van der Waals surface area contributed by atoms with Gasteiger partial charge in [0.2, 0.25) is 0 Å². The predicted octanol–water partition coefficient (Wildman–Crippen LogP) is 3.85. The first-order valence-corrected chi connectivity index (χ1v) is 11.4. The van der Waals surface area contributed by atoms with E-state index in [1.165, 1.54) is 4.31 Å². The highest BCUT2D eigenvalue weighted by atomic mass is 32.2. The maximum absolute atomic E-state index is 13.3. The molecule has 0 saturated heterocycles. The molecule has 7 heteroatoms. The third-order valence-electron chi connectivity index (χ3n) is 4.71. The van der Waals surface area contributed by atoms with Crippen LogP contribution in [0, 0.1) is 0 Å². The zero-order valence-electron chi connectivity index (χ0n) is 17.6. The maximum atomic E-state index is 13.3. The van der Waals surface area contributed by atoms with Gasteiger partial charge in [0.25, 0.3) is 15.9 Å². The van der Waals surface area contributed by atoms with Gasteiger partial charge in [-0.2, -0.15) is 0 Å². The van der Waals surface area contributed by atoms with Gasteiger partial charge >= 0.3 is 0 Å². The Bertz CT molecular complexity index is 1090. The van der Waals surface area contributed by atoms with Crippen molar-refractivity contribution in [3.05, 3.63) is 96.1 Å². The van der Waals surface area contributed by atoms with Crippen LogP contribution in [0.4, 0.5) is 5.69 Å². The summed E-state index contributed by atoms with van der Waals surface area (Å²) in [6, 6.07) is 24.2. The number of nitrogens with one attached hydrogen (secondary N) is 1. The Morgan fingerprint density at radius 1 is 0.935 bits per heavy atom. The van der Waals surface area contributed by atoms with Crippen LogP contribution in [0.5, 0.6) is 0 Å². The van der Waals surface area contributed by atoms with Gasteiger partial charge in [0.15, 0.2) is 0 Å². The summed E-state index contributed by atoms with van der Waals surface area (Å²) in [4.78, 5) is 12.6. The minimum absolute atomic E-state index is 0.109. The van der Waals surface area contributed by atoms with Crippen molar-refractivity contribution in [1.82, 2.24) is 5.32 Å². The van der Waals surface area contributed by atoms with Crippen molar-refractivity contribution in [2.24, 2.45) is 0 Å². The van der Waals surface area contributed by atoms with Crippen molar-refractivity contribution in [2.45, 2.75) is 24.4 Å². The summed E-state index contributed by atoms with van der Waals surface area (Å²) < 4.78 is 33.1. The Labute approximate surface area is 183 Å². The molecule has 3 aromatic carbocycles. The first-order chi connectivity index (χ1) is 14.9. The molecule has 0 bridgehead atoms. The van der Waals surface area contributed by atoms with Crippen LogP contribution in [-0.4, -0.2) is 34.1 Å². The van der Waals surface area contributed by atoms with Gasteiger partial charge in [-0.25, -0.2) is 8.42 Å². The van der Waals surface area contributed by atoms with Crippen molar-refractivity contribution in [3.63, 3.8) is 0 Å². The smallest absolute Gasteiger partial charge is 0.264 e. The van der Waals surface area contributed by atoms with Gasteiger partial charge in [0.1, 0.15) is 0 Å². The second-order valence-electron chi connectivity index (χ2n) is 7.19. The lowest BCUT2D eigenvalue weighted by Gasteiger charge is -2.25. The Hall–Kier alpha value is -3.16. The van der Waals surface area contributed by atoms with E-state index in [9.17, 15) is 13.2 Å². The predicted molar refractivity (Wildman–Crippen MR) is 121 cm³/mol. The van der Waals surface area contributed by atoms with E-state index < -0.39 is 10.0 Å². The number of sulfonamides is 1. The van der Waals surface area contributed by atoms with Crippen LogP contribution in [0.2, 0.25) is 0 Å². The van der Waals surface area contributed by atoms with E-state index in [-0.39, 0.29) is 23.4 Å². The molecule has 1 amide bonds. The number of ether oxygens (including phenoxy) is 1. The van der Waals surface area contributed by atoms with Crippen LogP contribution in [0.15, 0.2) is 89.8 Å². The number of para-hydroxylation sites is 1. The fraction of sp³-hybridized carbons (Fsp3) is 0.208. The Morgan fingerprint density at radius 3 is 2.10 bits per heavy atom. The van der Waals surface area contributed by atoms with E-state index in [0.717, 1.165) is 5.56 Å². The van der Waals surface area contributed by atoms with Crippen LogP contribution in [0.25, 0.3) is 0 Å². The third-order valence-corrected chi connectivity index (χ3v) is 6.50. The molecule has 0 aliphatic rings. The number of hydrogen-bond donors (Lipinski definition) is 1. The molecule has 1 unspecified atom stereocenters. The number of anilines is 1. The zero-order chi connectivity index (χ0) is 22.3. The topological polar surface area (TPSA) is 75.7 Å². The van der Waals surface area contributed by atoms with Gasteiger partial charge in [-0.05, 0) is 48.9 Å². The molecule has 162 valence electrons. The number of rotatable bonds is 9. The maximum Gasteiger partial charge on any atom is 0.264 e. The average molecular weight is 439 g/mol. The lowest BCUT2D eigenvalue weighted by atomic mass is 10.1. The molecule has 0 aromatic heterocycles. The van der Waals surface area contributed by atoms with E-state index in [1.54, 1.807) is 86.0 Å². The Balaban J connectivity index is 1.85. The molecule has 3 rings (SSSR count). The first-order valence-electron chi connectivity index (χ1n) is 9.93. The monoisotopic (exact) mass is 438 g/mol. The van der Waals surface area contributed by atoms with Crippen LogP contribution in [0.3, 0.4) is 0 Å². The van der Waals surface area contributed by atoms with E-state index in [4.69, 9.17) is 4.74 Å². The number of carbonyl (C=O) groups excluding carboxylic acids is 1. The molecular weight excluding hydrogens is 412 g/mol. The normalized spacial score (nSPS) is 12.2. The Kier molecular flexibility index (Phi) is 7.44. The molecule has 0 fully saturated rings. The number of amides is 1. The van der Waals surface area contributed by atoms with E-state index >= 15 is 0 Å². The molecule has 0 aliphatic heterocycles. The quantitative estimate of drug-likeness (QED) is 0.551. The van der Waals surface area contributed by atoms with Crippen LogP contribution < -0.4 is 9.62 Å². The standard InChI is InChI=1S/C24H26N2O4S/c1-19(18-30-2)25-24(27)21-15-13-20(14-16-21)17-26(22-9-5-3-6-10-22)31(28,29)23-11-7-4-8-12-23/h3-16,19H,17-18H2,1-2H3,(H,25,27). The van der Waals surface area contributed by atoms with E-state index in [1.807, 2.05) is 13.0 Å². The summed E-state index contributed by atoms with van der Waals surface area (Å²) in [5, 5.41) is 2.86. The lowest BCUT2D eigenvalue weighted by Crippen LogP contribution is -2.35. The molecule has 1 atom stereocenters. The highest BCUT2D eigenvalue weighted by molar-refractivity contribution is 7.92. The number of hydrogen-bond acceptors (Lipinski definition) is 4. The third kappa shape index (κ3) is 5.71. The van der Waals surface area contributed by atoms with Crippen molar-refractivity contribution in [3.8, 4) is 0 Å². The molecule has 31 heavy (non-hydrogen) atoms. The summed E-state index contributed by atoms with van der Waals surface area (Å²) in [5.74, 6) is -0.201. The molecule has 0 heterocycles. The van der Waals surface area contributed by atoms with Gasteiger partial charge in [-0.15, -0.1) is 0 Å². The summed E-state index contributed by atoms with van der Waals surface area (Å²) in [6.07, 6.45) is 0. The second-order valence-corrected chi connectivity index (χ2v) is 9.05. The summed E-state index contributed by atoms with van der Waals surface area (Å²) in [7, 11) is -2.18. The second kappa shape index (κ2) is 10.2. The van der Waals surface area contributed by atoms with E-state index in [2.05, 4.69) is 5.32 Å². The van der Waals surface area contributed by atoms with Crippen molar-refractivity contribution < 1.29 is 17.9 Å². The van der Waals surface area contributed by atoms with Gasteiger partial charge in [0.05, 0.1) is 23.7 Å². The van der Waals surface area contributed by atoms with Crippen molar-refractivity contribution in [2.75, 3.05) is 18.0 Å². The van der Waals surface area contributed by atoms with Gasteiger partial charge in [0, 0.05) is 18.7 Å². The highest BCUT2D eigenvalue weighted by Crippen LogP contribution is 2.25. The molecule has 1 N–H and O–H groups in total. The number of nitrogens with zero attached hydrogens (tertiary/aromatic N) is 1. The van der Waals surface area contributed by atoms with Crippen LogP contribution in [0.1, 0.15) is 22.8 Å². The number of methoxy groups -OCH3 is 1. The molecule has 6 nitrogen and oxygen atoms in total. The molecule has 0 aliphatic carbocycles. The van der Waals surface area contributed by atoms with Gasteiger partial charge in [-0.3, -0.25) is 9.10 Å². The average Bonchev–Trinajstić information content (AvgIpc) is 2.79. The van der Waals surface area contributed by atoms with Crippen LogP contribution >= 0.6 is 0 Å². The number of benzene rings is 3. The van der Waals surface area contributed by atoms with Gasteiger partial charge < -0.3 is 10.1 Å². The fourth-order valence-corrected chi connectivity index (χ4v) is 4.63. The highest BCUT2D eigenvalue weighted by Gasteiger charge is 2.25. The zero-order valence-corrected chi connectivity index (χ0v) is 18.4. The minimum Gasteiger partial charge on any atom is -0.383 e. The SMILES string of the molecule is COCC(C)NC(=O)c1ccc(CN(c2ccccc2)S(=O)(=O)c2ccccc2)cc1. The number of carbonyl (C=O) groups is 1. The Morgan fingerprint density at radius 2 is 1.52 bits per heavy atom. The largest absolute Gasteiger partial charge is 0.383 e. The van der Waals surface area contributed by atoms with Crippen LogP contribution in [-0.2, 0) is 21.3 Å². The summed E-state index contributed by atoms with van der Waals surface area (Å²) in [5.41, 5.74) is 1.84. The van der Waals surface area contributed by atoms with Crippen molar-refractivity contribution in [1.29, 1.82) is 0 Å². The molecular formula is C24H26N2O4S. The van der Waals surface area contributed by atoms with Gasteiger partial charge in [-0.1, -0.05) is 48.5 Å². The fourth-order valence-electron chi connectivity index (χ4n) is 3.16. The molecule has 0 saturated carbocycles. The molecule has 0 radical (unpaired) electrons. The van der Waals surface area contributed by atoms with Crippen molar-refractivity contribution >= 4 is 21.6 Å². The van der Waals surface area contributed by atoms with E-state index in [0.29, 0.717) is 17.9 Å². The lowest BCUT2D eigenvalue weighted by molar-refractivity contribution is 0.0905.